The van der Waals surface area contributed by atoms with E-state index in [1.54, 1.807) is 5.57 Å². The van der Waals surface area contributed by atoms with Crippen LogP contribution in [-0.4, -0.2) is 0 Å². The maximum absolute atomic E-state index is 2.53. The molecule has 2 aromatic carbocycles. The quantitative estimate of drug-likeness (QED) is 0.473. The first kappa shape index (κ1) is 18.5. The van der Waals surface area contributed by atoms with E-state index in [0.717, 1.165) is 5.92 Å². The van der Waals surface area contributed by atoms with Crippen LogP contribution in [0.1, 0.15) is 87.8 Å². The van der Waals surface area contributed by atoms with Crippen LogP contribution in [0, 0.1) is 5.92 Å². The second-order valence-electron chi connectivity index (χ2n) is 8.85. The average Bonchev–Trinajstić information content (AvgIpc) is 2.94. The third kappa shape index (κ3) is 4.21. The van der Waals surface area contributed by atoms with E-state index < -0.39 is 0 Å². The van der Waals surface area contributed by atoms with Crippen LogP contribution in [0.5, 0.6) is 0 Å². The highest BCUT2D eigenvalue weighted by Crippen LogP contribution is 2.38. The Bertz CT molecular complexity index is 785. The van der Waals surface area contributed by atoms with E-state index in [0.29, 0.717) is 5.92 Å². The van der Waals surface area contributed by atoms with E-state index >= 15 is 0 Å². The van der Waals surface area contributed by atoms with Gasteiger partial charge in [0.25, 0.3) is 0 Å². The molecule has 1 atom stereocenters. The SMILES string of the molecule is CCC(C)c1ccc(-c2cccc3c2C=C(CC2CCCCCC2)C3)cc1. The van der Waals surface area contributed by atoms with Crippen molar-refractivity contribution in [3.05, 3.63) is 64.7 Å². The summed E-state index contributed by atoms with van der Waals surface area (Å²) in [5.41, 5.74) is 8.92. The normalized spacial score (nSPS) is 18.7. The predicted molar refractivity (Wildman–Crippen MR) is 118 cm³/mol. The summed E-state index contributed by atoms with van der Waals surface area (Å²) in [6.45, 7) is 4.58. The Morgan fingerprint density at radius 1 is 0.926 bits per heavy atom. The fourth-order valence-corrected chi connectivity index (χ4v) is 4.99. The molecule has 142 valence electrons. The molecule has 27 heavy (non-hydrogen) atoms. The van der Waals surface area contributed by atoms with Crippen molar-refractivity contribution in [3.63, 3.8) is 0 Å². The van der Waals surface area contributed by atoms with Gasteiger partial charge in [-0.05, 0) is 58.9 Å². The van der Waals surface area contributed by atoms with Gasteiger partial charge in [-0.2, -0.15) is 0 Å². The highest BCUT2D eigenvalue weighted by molar-refractivity contribution is 5.80. The molecule has 0 N–H and O–H groups in total. The molecule has 0 amide bonds. The summed E-state index contributed by atoms with van der Waals surface area (Å²) >= 11 is 0. The zero-order valence-electron chi connectivity index (χ0n) is 17.1. The van der Waals surface area contributed by atoms with Crippen LogP contribution in [0.2, 0.25) is 0 Å². The van der Waals surface area contributed by atoms with Crippen molar-refractivity contribution in [2.24, 2.45) is 5.92 Å². The van der Waals surface area contributed by atoms with Crippen LogP contribution in [0.3, 0.4) is 0 Å². The number of hydrogen-bond donors (Lipinski definition) is 0. The number of benzene rings is 2. The van der Waals surface area contributed by atoms with Gasteiger partial charge >= 0.3 is 0 Å². The molecule has 0 aromatic heterocycles. The Morgan fingerprint density at radius 2 is 1.67 bits per heavy atom. The van der Waals surface area contributed by atoms with Gasteiger partial charge in [0.1, 0.15) is 0 Å². The van der Waals surface area contributed by atoms with Crippen molar-refractivity contribution >= 4 is 6.08 Å². The molecule has 0 saturated heterocycles. The molecule has 4 rings (SSSR count). The van der Waals surface area contributed by atoms with E-state index in [1.165, 1.54) is 85.6 Å². The zero-order valence-corrected chi connectivity index (χ0v) is 17.1. The first-order valence-corrected chi connectivity index (χ1v) is 11.2. The summed E-state index contributed by atoms with van der Waals surface area (Å²) in [6.07, 6.45) is 14.9. The third-order valence-corrected chi connectivity index (χ3v) is 6.89. The van der Waals surface area contributed by atoms with Gasteiger partial charge < -0.3 is 0 Å². The van der Waals surface area contributed by atoms with E-state index in [9.17, 15) is 0 Å². The molecule has 0 bridgehead atoms. The number of fused-ring (bicyclic) bond motifs is 1. The molecule has 1 saturated carbocycles. The molecule has 0 spiro atoms. The third-order valence-electron chi connectivity index (χ3n) is 6.89. The summed E-state index contributed by atoms with van der Waals surface area (Å²) in [5, 5.41) is 0. The molecule has 2 aliphatic rings. The lowest BCUT2D eigenvalue weighted by Gasteiger charge is -2.14. The highest BCUT2D eigenvalue weighted by atomic mass is 14.3. The first-order valence-electron chi connectivity index (χ1n) is 11.2. The molecular formula is C27H34. The molecule has 0 radical (unpaired) electrons. The van der Waals surface area contributed by atoms with Gasteiger partial charge in [0.15, 0.2) is 0 Å². The Hall–Kier alpha value is -1.82. The van der Waals surface area contributed by atoms with Gasteiger partial charge in [-0.3, -0.25) is 0 Å². The maximum Gasteiger partial charge on any atom is -0.00575 e. The van der Waals surface area contributed by atoms with Crippen LogP contribution in [-0.2, 0) is 6.42 Å². The van der Waals surface area contributed by atoms with Crippen molar-refractivity contribution < 1.29 is 0 Å². The summed E-state index contributed by atoms with van der Waals surface area (Å²) in [4.78, 5) is 0. The van der Waals surface area contributed by atoms with Crippen LogP contribution in [0.15, 0.2) is 48.0 Å². The minimum absolute atomic E-state index is 0.645. The smallest absolute Gasteiger partial charge is 0.00575 e. The fourth-order valence-electron chi connectivity index (χ4n) is 4.99. The molecule has 0 nitrogen and oxygen atoms in total. The van der Waals surface area contributed by atoms with E-state index in [4.69, 9.17) is 0 Å². The lowest BCUT2D eigenvalue weighted by molar-refractivity contribution is 0.455. The average molecular weight is 359 g/mol. The van der Waals surface area contributed by atoms with E-state index in [2.05, 4.69) is 62.4 Å². The fraction of sp³-hybridized carbons (Fsp3) is 0.481. The monoisotopic (exact) mass is 358 g/mol. The molecule has 0 aliphatic heterocycles. The van der Waals surface area contributed by atoms with Gasteiger partial charge in [0, 0.05) is 0 Å². The standard InChI is InChI=1S/C27H34/c1-3-20(2)23-13-15-24(16-14-23)26-12-8-11-25-18-22(19-27(25)26)17-21-9-6-4-5-7-10-21/h8,11-16,19-21H,3-7,9-10,17-18H2,1-2H3. The molecule has 0 heterocycles. The number of rotatable bonds is 5. The summed E-state index contributed by atoms with van der Waals surface area (Å²) in [7, 11) is 0. The van der Waals surface area contributed by atoms with Crippen LogP contribution >= 0.6 is 0 Å². The summed E-state index contributed by atoms with van der Waals surface area (Å²) < 4.78 is 0. The second kappa shape index (κ2) is 8.46. The topological polar surface area (TPSA) is 0 Å². The molecule has 1 fully saturated rings. The Morgan fingerprint density at radius 3 is 2.37 bits per heavy atom. The minimum atomic E-state index is 0.645. The van der Waals surface area contributed by atoms with Gasteiger partial charge in [-0.25, -0.2) is 0 Å². The van der Waals surface area contributed by atoms with Crippen molar-refractivity contribution in [2.45, 2.75) is 77.6 Å². The molecule has 1 unspecified atom stereocenters. The van der Waals surface area contributed by atoms with Gasteiger partial charge in [0.2, 0.25) is 0 Å². The lowest BCUT2D eigenvalue weighted by atomic mass is 9.92. The number of allylic oxidation sites excluding steroid dienone is 1. The van der Waals surface area contributed by atoms with Crippen LogP contribution in [0.4, 0.5) is 0 Å². The van der Waals surface area contributed by atoms with Crippen molar-refractivity contribution in [3.8, 4) is 11.1 Å². The van der Waals surface area contributed by atoms with Crippen molar-refractivity contribution in [1.82, 2.24) is 0 Å². The molecular weight excluding hydrogens is 324 g/mol. The Kier molecular flexibility index (Phi) is 5.81. The lowest BCUT2D eigenvalue weighted by Crippen LogP contribution is -2.00. The predicted octanol–water partition coefficient (Wildman–Crippen LogP) is 8.17. The van der Waals surface area contributed by atoms with Crippen molar-refractivity contribution in [1.29, 1.82) is 0 Å². The highest BCUT2D eigenvalue weighted by Gasteiger charge is 2.20. The molecule has 2 aliphatic carbocycles. The van der Waals surface area contributed by atoms with Crippen molar-refractivity contribution in [2.75, 3.05) is 0 Å². The maximum atomic E-state index is 2.53. The van der Waals surface area contributed by atoms with Gasteiger partial charge in [-0.15, -0.1) is 0 Å². The first-order chi connectivity index (χ1) is 13.2. The van der Waals surface area contributed by atoms with Gasteiger partial charge in [0.05, 0.1) is 0 Å². The van der Waals surface area contributed by atoms with Gasteiger partial charge in [-0.1, -0.05) is 106 Å². The molecule has 2 aromatic rings. The van der Waals surface area contributed by atoms with E-state index in [1.807, 2.05) is 0 Å². The zero-order chi connectivity index (χ0) is 18.6. The summed E-state index contributed by atoms with van der Waals surface area (Å²) in [5.74, 6) is 1.57. The van der Waals surface area contributed by atoms with Crippen LogP contribution < -0.4 is 0 Å². The Labute approximate surface area is 165 Å². The van der Waals surface area contributed by atoms with E-state index in [-0.39, 0.29) is 0 Å². The molecule has 0 heteroatoms. The summed E-state index contributed by atoms with van der Waals surface area (Å²) in [6, 6.07) is 16.2. The second-order valence-corrected chi connectivity index (χ2v) is 8.85. The Balaban J connectivity index is 1.55. The largest absolute Gasteiger partial charge is 0.0649 e. The van der Waals surface area contributed by atoms with Crippen LogP contribution in [0.25, 0.3) is 17.2 Å². The number of hydrogen-bond acceptors (Lipinski definition) is 0. The minimum Gasteiger partial charge on any atom is -0.0649 e.